The van der Waals surface area contributed by atoms with Crippen LogP contribution in [-0.2, 0) is 9.59 Å². The van der Waals surface area contributed by atoms with Gasteiger partial charge in [0.2, 0.25) is 0 Å². The molecule has 0 aromatic rings. The Balaban J connectivity index is 1.62. The van der Waals surface area contributed by atoms with Gasteiger partial charge in [0.15, 0.2) is 5.78 Å². The monoisotopic (exact) mass is 354 g/mol. The number of fused-ring (bicyclic) bond motifs is 3. The minimum Gasteiger partial charge on any atom is -0.299 e. The molecule has 0 spiro atoms. The van der Waals surface area contributed by atoms with Gasteiger partial charge in [0.25, 0.3) is 0 Å². The first-order valence-electron chi connectivity index (χ1n) is 11.0. The van der Waals surface area contributed by atoms with E-state index in [1.165, 1.54) is 31.3 Å². The van der Waals surface area contributed by atoms with E-state index in [1.807, 2.05) is 13.0 Å². The van der Waals surface area contributed by atoms with Crippen molar-refractivity contribution >= 4 is 11.6 Å². The average molecular weight is 355 g/mol. The first-order valence-corrected chi connectivity index (χ1v) is 11.0. The lowest BCUT2D eigenvalue weighted by molar-refractivity contribution is -0.142. The number of allylic oxidation sites excluding steroid dienone is 1. The van der Waals surface area contributed by atoms with E-state index >= 15 is 0 Å². The summed E-state index contributed by atoms with van der Waals surface area (Å²) in [5, 5.41) is 0. The maximum atomic E-state index is 13.0. The van der Waals surface area contributed by atoms with Crippen molar-refractivity contribution in [1.29, 1.82) is 0 Å². The Hall–Kier alpha value is -0.920. The lowest BCUT2D eigenvalue weighted by atomic mass is 9.43. The molecule has 0 heterocycles. The van der Waals surface area contributed by atoms with Crippen molar-refractivity contribution in [3.63, 3.8) is 0 Å². The van der Waals surface area contributed by atoms with Crippen LogP contribution in [0.1, 0.15) is 79.1 Å². The van der Waals surface area contributed by atoms with Gasteiger partial charge in [-0.3, -0.25) is 9.59 Å². The number of Topliss-reactive ketones (excluding diaryl/α,β-unsaturated/α-hetero) is 1. The number of hydrogen-bond donors (Lipinski definition) is 0. The van der Waals surface area contributed by atoms with Crippen LogP contribution >= 0.6 is 0 Å². The average Bonchev–Trinajstić information content (AvgIpc) is 2.97. The first-order chi connectivity index (χ1) is 12.3. The van der Waals surface area contributed by atoms with Gasteiger partial charge in [-0.1, -0.05) is 26.3 Å². The third kappa shape index (κ3) is 1.59. The summed E-state index contributed by atoms with van der Waals surface area (Å²) < 4.78 is 0. The van der Waals surface area contributed by atoms with Crippen molar-refractivity contribution < 1.29 is 9.59 Å². The Kier molecular flexibility index (Phi) is 3.38. The van der Waals surface area contributed by atoms with Gasteiger partial charge in [0.1, 0.15) is 5.78 Å². The highest BCUT2D eigenvalue weighted by molar-refractivity contribution is 5.91. The topological polar surface area (TPSA) is 34.1 Å². The lowest BCUT2D eigenvalue weighted by Crippen LogP contribution is -2.55. The van der Waals surface area contributed by atoms with Gasteiger partial charge in [-0.25, -0.2) is 0 Å². The van der Waals surface area contributed by atoms with Crippen molar-refractivity contribution in [3.8, 4) is 0 Å². The predicted molar refractivity (Wildman–Crippen MR) is 102 cm³/mol. The molecule has 1 unspecified atom stereocenters. The predicted octanol–water partition coefficient (Wildman–Crippen LogP) is 5.36. The van der Waals surface area contributed by atoms with Gasteiger partial charge in [0.05, 0.1) is 0 Å². The van der Waals surface area contributed by atoms with Crippen LogP contribution in [0.3, 0.4) is 0 Å². The van der Waals surface area contributed by atoms with Crippen LogP contribution in [-0.4, -0.2) is 11.6 Å². The number of ketones is 2. The zero-order valence-electron chi connectivity index (χ0n) is 16.9. The second-order valence-corrected chi connectivity index (χ2v) is 10.7. The summed E-state index contributed by atoms with van der Waals surface area (Å²) in [4.78, 5) is 25.0. The Bertz CT molecular complexity index is 720. The second-order valence-electron chi connectivity index (χ2n) is 10.7. The summed E-state index contributed by atoms with van der Waals surface area (Å²) in [7, 11) is 0. The molecule has 0 radical (unpaired) electrons. The van der Waals surface area contributed by atoms with Gasteiger partial charge >= 0.3 is 0 Å². The molecule has 4 fully saturated rings. The van der Waals surface area contributed by atoms with Gasteiger partial charge in [0, 0.05) is 11.8 Å². The van der Waals surface area contributed by atoms with Crippen LogP contribution in [0.2, 0.25) is 0 Å². The Morgan fingerprint density at radius 3 is 2.54 bits per heavy atom. The van der Waals surface area contributed by atoms with Crippen LogP contribution in [0.4, 0.5) is 0 Å². The third-order valence-corrected chi connectivity index (χ3v) is 10.9. The number of rotatable bonds is 1. The molecule has 4 saturated carbocycles. The summed E-state index contributed by atoms with van der Waals surface area (Å²) >= 11 is 0. The van der Waals surface area contributed by atoms with E-state index in [1.54, 1.807) is 0 Å². The SMILES string of the molecule is CC(=O)[C@@]12CCC3([C@H](C)[C@H]1C)[C@@H]1CCC4=CC(=O)CC[C@@H]4[C@H]1CC[C@@]32C. The molecule has 2 bridgehead atoms. The van der Waals surface area contributed by atoms with E-state index in [0.29, 0.717) is 34.7 Å². The molecule has 0 saturated heterocycles. The highest BCUT2D eigenvalue weighted by Gasteiger charge is 2.79. The van der Waals surface area contributed by atoms with Crippen LogP contribution in [0, 0.1) is 45.8 Å². The second kappa shape index (κ2) is 5.11. The zero-order valence-corrected chi connectivity index (χ0v) is 16.9. The summed E-state index contributed by atoms with van der Waals surface area (Å²) in [6.45, 7) is 9.26. The highest BCUT2D eigenvalue weighted by atomic mass is 16.1. The Morgan fingerprint density at radius 2 is 1.81 bits per heavy atom. The quantitative estimate of drug-likeness (QED) is 0.635. The van der Waals surface area contributed by atoms with Crippen molar-refractivity contribution in [2.45, 2.75) is 79.1 Å². The van der Waals surface area contributed by atoms with Gasteiger partial charge in [-0.15, -0.1) is 0 Å². The normalized spacial score (nSPS) is 55.0. The molecule has 5 aliphatic rings. The van der Waals surface area contributed by atoms with Crippen LogP contribution in [0.15, 0.2) is 11.6 Å². The highest BCUT2D eigenvalue weighted by Crippen LogP contribution is 2.84. The van der Waals surface area contributed by atoms with Crippen molar-refractivity contribution in [2.75, 3.05) is 0 Å². The fraction of sp³-hybridized carbons (Fsp3) is 0.833. The number of hydrogen-bond acceptors (Lipinski definition) is 2. The summed E-state index contributed by atoms with van der Waals surface area (Å²) in [5.41, 5.74) is 1.94. The van der Waals surface area contributed by atoms with Crippen LogP contribution in [0.5, 0.6) is 0 Å². The third-order valence-electron chi connectivity index (χ3n) is 10.9. The van der Waals surface area contributed by atoms with Crippen LogP contribution in [0.25, 0.3) is 0 Å². The molecule has 0 aromatic carbocycles. The maximum Gasteiger partial charge on any atom is 0.155 e. The molecule has 5 rings (SSSR count). The molecule has 0 amide bonds. The molecule has 2 nitrogen and oxygen atoms in total. The maximum absolute atomic E-state index is 13.0. The largest absolute Gasteiger partial charge is 0.299 e. The molecule has 0 N–H and O–H groups in total. The molecule has 5 aliphatic carbocycles. The van der Waals surface area contributed by atoms with E-state index in [9.17, 15) is 9.59 Å². The molecule has 2 heteroatoms. The molecule has 8 atom stereocenters. The van der Waals surface area contributed by atoms with Gasteiger partial charge in [-0.05, 0) is 98.4 Å². The molecule has 142 valence electrons. The number of carbonyl (C=O) groups is 2. The van der Waals surface area contributed by atoms with Crippen molar-refractivity contribution in [1.82, 2.24) is 0 Å². The van der Waals surface area contributed by atoms with E-state index in [2.05, 4.69) is 20.8 Å². The molecule has 26 heavy (non-hydrogen) atoms. The zero-order chi connectivity index (χ0) is 18.5. The molecule has 0 aromatic heterocycles. The molecular weight excluding hydrogens is 320 g/mol. The van der Waals surface area contributed by atoms with Crippen molar-refractivity contribution in [2.24, 2.45) is 45.8 Å². The Labute approximate surface area is 158 Å². The lowest BCUT2D eigenvalue weighted by Gasteiger charge is -2.60. The van der Waals surface area contributed by atoms with E-state index < -0.39 is 0 Å². The fourth-order valence-electron chi connectivity index (χ4n) is 9.91. The minimum atomic E-state index is -0.0734. The van der Waals surface area contributed by atoms with Gasteiger partial charge < -0.3 is 0 Å². The summed E-state index contributed by atoms with van der Waals surface area (Å²) in [6, 6.07) is 0. The minimum absolute atomic E-state index is 0.0734. The standard InChI is InChI=1S/C24H34O2/c1-14-15(2)24-12-11-23(14,16(3)25)22(24,4)10-9-20-19-7-6-18(26)13-17(19)5-8-21(20)24/h13-15,19-21H,5-12H2,1-4H3/t14-,15-,19+,20-,21-,22-,23-,24?/m1/s1. The van der Waals surface area contributed by atoms with Crippen LogP contribution < -0.4 is 0 Å². The van der Waals surface area contributed by atoms with E-state index in [0.717, 1.165) is 37.5 Å². The van der Waals surface area contributed by atoms with E-state index in [-0.39, 0.29) is 10.8 Å². The molecular formula is C24H34O2. The Morgan fingerprint density at radius 1 is 1.04 bits per heavy atom. The number of carbonyl (C=O) groups excluding carboxylic acids is 2. The smallest absolute Gasteiger partial charge is 0.155 e. The molecule has 0 aliphatic heterocycles. The van der Waals surface area contributed by atoms with E-state index in [4.69, 9.17) is 0 Å². The summed E-state index contributed by atoms with van der Waals surface area (Å²) in [6.07, 6.45) is 11.1. The van der Waals surface area contributed by atoms with Crippen molar-refractivity contribution in [3.05, 3.63) is 11.6 Å². The van der Waals surface area contributed by atoms with Gasteiger partial charge in [-0.2, -0.15) is 0 Å². The first kappa shape index (κ1) is 17.2. The summed E-state index contributed by atoms with van der Waals surface area (Å²) in [5.74, 6) is 4.16. The fourth-order valence-corrected chi connectivity index (χ4v) is 9.91.